The Balaban J connectivity index is 1.85. The Bertz CT molecular complexity index is 965. The van der Waals surface area contributed by atoms with Gasteiger partial charge in [0, 0.05) is 27.8 Å². The number of thiazole rings is 1. The summed E-state index contributed by atoms with van der Waals surface area (Å²) in [6.45, 7) is 1.81. The number of halogens is 4. The topological polar surface area (TPSA) is 34.4 Å². The van der Waals surface area contributed by atoms with Crippen molar-refractivity contribution in [2.45, 2.75) is 23.7 Å². The van der Waals surface area contributed by atoms with Gasteiger partial charge >= 0.3 is 6.18 Å². The van der Waals surface area contributed by atoms with Crippen LogP contribution in [-0.2, 0) is 11.9 Å². The van der Waals surface area contributed by atoms with Gasteiger partial charge < -0.3 is 0 Å². The van der Waals surface area contributed by atoms with Crippen molar-refractivity contribution in [3.63, 3.8) is 0 Å². The number of hydrogen-bond donors (Lipinski definition) is 0. The second-order valence-corrected chi connectivity index (χ2v) is 7.30. The molecule has 3 nitrogen and oxygen atoms in total. The largest absolute Gasteiger partial charge is 0.417 e. The third-order valence-electron chi connectivity index (χ3n) is 3.26. The maximum absolute atomic E-state index is 12.9. The van der Waals surface area contributed by atoms with Crippen LogP contribution in [0.5, 0.6) is 0 Å². The van der Waals surface area contributed by atoms with Crippen LogP contribution in [0.3, 0.4) is 0 Å². The number of hydrogen-bond acceptors (Lipinski definition) is 4. The number of nitrogens with zero attached hydrogens (tertiary/aromatic N) is 2. The van der Waals surface area contributed by atoms with Gasteiger partial charge in [-0.2, -0.15) is 13.2 Å². The summed E-state index contributed by atoms with van der Waals surface area (Å²) in [6.07, 6.45) is -4.50. The van der Waals surface area contributed by atoms with Crippen LogP contribution in [0.1, 0.15) is 17.0 Å². The van der Waals surface area contributed by atoms with Gasteiger partial charge in [-0.05, 0) is 25.1 Å². The molecular formula is C15H10ClF3N2OS2. The lowest BCUT2D eigenvalue weighted by atomic mass is 10.2. The minimum atomic E-state index is -4.50. The highest BCUT2D eigenvalue weighted by molar-refractivity contribution is 7.98. The lowest BCUT2D eigenvalue weighted by Crippen LogP contribution is -2.14. The van der Waals surface area contributed by atoms with Gasteiger partial charge in [-0.15, -0.1) is 23.1 Å². The molecule has 2 heterocycles. The zero-order valence-electron chi connectivity index (χ0n) is 12.2. The van der Waals surface area contributed by atoms with Crippen LogP contribution in [0.25, 0.3) is 4.96 Å². The number of fused-ring (bicyclic) bond motifs is 1. The van der Waals surface area contributed by atoms with Gasteiger partial charge in [-0.3, -0.25) is 9.20 Å². The zero-order valence-corrected chi connectivity index (χ0v) is 14.6. The van der Waals surface area contributed by atoms with Gasteiger partial charge in [0.15, 0.2) is 4.96 Å². The van der Waals surface area contributed by atoms with E-state index in [9.17, 15) is 18.0 Å². The molecule has 0 radical (unpaired) electrons. The van der Waals surface area contributed by atoms with E-state index in [2.05, 4.69) is 4.98 Å². The summed E-state index contributed by atoms with van der Waals surface area (Å²) >= 11 is 8.12. The van der Waals surface area contributed by atoms with Crippen LogP contribution in [0.4, 0.5) is 13.2 Å². The molecule has 0 spiro atoms. The van der Waals surface area contributed by atoms with E-state index < -0.39 is 11.7 Å². The average Bonchev–Trinajstić information content (AvgIpc) is 2.87. The second kappa shape index (κ2) is 6.42. The molecule has 0 saturated carbocycles. The Morgan fingerprint density at radius 2 is 2.08 bits per heavy atom. The van der Waals surface area contributed by atoms with E-state index in [-0.39, 0.29) is 10.6 Å². The van der Waals surface area contributed by atoms with Gasteiger partial charge in [0.05, 0.1) is 16.3 Å². The van der Waals surface area contributed by atoms with Crippen LogP contribution >= 0.6 is 34.7 Å². The molecule has 0 aliphatic rings. The molecule has 0 aliphatic heterocycles. The highest BCUT2D eigenvalue weighted by atomic mass is 35.5. The average molecular weight is 391 g/mol. The first-order valence-electron chi connectivity index (χ1n) is 6.72. The van der Waals surface area contributed by atoms with E-state index in [4.69, 9.17) is 11.6 Å². The van der Waals surface area contributed by atoms with Gasteiger partial charge in [0.2, 0.25) is 0 Å². The minimum absolute atomic E-state index is 0.193. The molecule has 2 aromatic heterocycles. The van der Waals surface area contributed by atoms with Crippen molar-refractivity contribution >= 4 is 39.7 Å². The van der Waals surface area contributed by atoms with Gasteiger partial charge in [0.25, 0.3) is 5.56 Å². The summed E-state index contributed by atoms with van der Waals surface area (Å²) < 4.78 is 40.1. The number of aromatic nitrogens is 2. The summed E-state index contributed by atoms with van der Waals surface area (Å²) in [5.74, 6) is 0.293. The fraction of sp³-hybridized carbons (Fsp3) is 0.200. The molecule has 0 saturated heterocycles. The molecule has 126 valence electrons. The number of rotatable bonds is 3. The number of alkyl halides is 3. The van der Waals surface area contributed by atoms with Crippen molar-refractivity contribution in [3.8, 4) is 0 Å². The Morgan fingerprint density at radius 3 is 2.79 bits per heavy atom. The van der Waals surface area contributed by atoms with Crippen molar-refractivity contribution < 1.29 is 13.2 Å². The summed E-state index contributed by atoms with van der Waals surface area (Å²) in [7, 11) is 0. The molecule has 9 heteroatoms. The Labute approximate surface area is 148 Å². The molecule has 24 heavy (non-hydrogen) atoms. The molecule has 0 N–H and O–H groups in total. The highest BCUT2D eigenvalue weighted by Crippen LogP contribution is 2.37. The maximum atomic E-state index is 12.9. The van der Waals surface area contributed by atoms with E-state index >= 15 is 0 Å². The number of aryl methyl sites for hydroxylation is 1. The third-order valence-corrected chi connectivity index (χ3v) is 5.56. The van der Waals surface area contributed by atoms with Crippen molar-refractivity contribution in [3.05, 3.63) is 62.0 Å². The molecule has 0 amide bonds. The monoisotopic (exact) mass is 390 g/mol. The quantitative estimate of drug-likeness (QED) is 0.588. The molecule has 3 aromatic rings. The van der Waals surface area contributed by atoms with Gasteiger partial charge in [0.1, 0.15) is 0 Å². The van der Waals surface area contributed by atoms with Crippen LogP contribution < -0.4 is 5.56 Å². The SMILES string of the molecule is Cc1csc2nc(CSc3ccc(Cl)c(C(F)(F)F)c3)cc(=O)n12. The van der Waals surface area contributed by atoms with Crippen molar-refractivity contribution in [2.24, 2.45) is 0 Å². The molecule has 0 atom stereocenters. The molecule has 3 rings (SSSR count). The van der Waals surface area contributed by atoms with Crippen LogP contribution in [0.15, 0.2) is 39.3 Å². The van der Waals surface area contributed by atoms with Crippen molar-refractivity contribution in [1.82, 2.24) is 9.38 Å². The number of benzene rings is 1. The number of thioether (sulfide) groups is 1. The Kier molecular flexibility index (Phi) is 4.63. The summed E-state index contributed by atoms with van der Waals surface area (Å²) in [6, 6.07) is 5.15. The second-order valence-electron chi connectivity index (χ2n) is 5.01. The highest BCUT2D eigenvalue weighted by Gasteiger charge is 2.33. The lowest BCUT2D eigenvalue weighted by Gasteiger charge is -2.10. The van der Waals surface area contributed by atoms with E-state index in [0.717, 1.165) is 11.8 Å². The first-order valence-corrected chi connectivity index (χ1v) is 8.96. The summed E-state index contributed by atoms with van der Waals surface area (Å²) in [5, 5.41) is 1.49. The lowest BCUT2D eigenvalue weighted by molar-refractivity contribution is -0.137. The van der Waals surface area contributed by atoms with E-state index in [0.29, 0.717) is 21.3 Å². The Hall–Kier alpha value is -1.51. The first-order chi connectivity index (χ1) is 11.3. The van der Waals surface area contributed by atoms with Crippen LogP contribution in [0.2, 0.25) is 5.02 Å². The normalized spacial score (nSPS) is 12.0. The predicted octanol–water partition coefficient (Wildman–Crippen LogP) is 5.03. The summed E-state index contributed by atoms with van der Waals surface area (Å²) in [4.78, 5) is 17.4. The molecule has 1 aromatic carbocycles. The fourth-order valence-electron chi connectivity index (χ4n) is 2.14. The smallest absolute Gasteiger partial charge is 0.269 e. The van der Waals surface area contributed by atoms with E-state index in [1.165, 1.54) is 45.7 Å². The molecule has 0 unspecified atom stereocenters. The predicted molar refractivity (Wildman–Crippen MR) is 90.1 cm³/mol. The van der Waals surface area contributed by atoms with Crippen LogP contribution in [0, 0.1) is 6.92 Å². The molecule has 0 bridgehead atoms. The zero-order chi connectivity index (χ0) is 17.5. The van der Waals surface area contributed by atoms with Crippen molar-refractivity contribution in [2.75, 3.05) is 0 Å². The maximum Gasteiger partial charge on any atom is 0.417 e. The third kappa shape index (κ3) is 3.45. The first kappa shape index (κ1) is 17.3. The minimum Gasteiger partial charge on any atom is -0.269 e. The van der Waals surface area contributed by atoms with Gasteiger partial charge in [-0.25, -0.2) is 4.98 Å². The Morgan fingerprint density at radius 1 is 1.33 bits per heavy atom. The summed E-state index contributed by atoms with van der Waals surface area (Å²) in [5.41, 5.74) is 0.266. The fourth-order valence-corrected chi connectivity index (χ4v) is 4.09. The van der Waals surface area contributed by atoms with Gasteiger partial charge in [-0.1, -0.05) is 11.6 Å². The molecule has 0 fully saturated rings. The molecule has 0 aliphatic carbocycles. The van der Waals surface area contributed by atoms with Crippen molar-refractivity contribution in [1.29, 1.82) is 0 Å². The van der Waals surface area contributed by atoms with Crippen LogP contribution in [-0.4, -0.2) is 9.38 Å². The standard InChI is InChI=1S/C15H10ClF3N2OS2/c1-8-6-24-14-20-9(4-13(22)21(8)14)7-23-10-2-3-12(16)11(5-10)15(17,18)19/h2-6H,7H2,1H3. The van der Waals surface area contributed by atoms with E-state index in [1.807, 2.05) is 12.3 Å². The van der Waals surface area contributed by atoms with E-state index in [1.54, 1.807) is 0 Å². The molecular weight excluding hydrogens is 381 g/mol.